The molecule has 0 aromatic heterocycles. The van der Waals surface area contributed by atoms with Crippen molar-refractivity contribution in [3.8, 4) is 0 Å². The van der Waals surface area contributed by atoms with Gasteiger partial charge in [0.05, 0.1) is 5.92 Å². The molecule has 45 heavy (non-hydrogen) atoms. The van der Waals surface area contributed by atoms with E-state index in [9.17, 15) is 14.4 Å². The maximum atomic E-state index is 12.8. The zero-order valence-electron chi connectivity index (χ0n) is 27.0. The van der Waals surface area contributed by atoms with Gasteiger partial charge in [0.2, 0.25) is 11.8 Å². The summed E-state index contributed by atoms with van der Waals surface area (Å²) in [7, 11) is 0. The lowest BCUT2D eigenvalue weighted by Gasteiger charge is -2.14. The van der Waals surface area contributed by atoms with E-state index in [-0.39, 0.29) is 17.6 Å². The Morgan fingerprint density at radius 1 is 0.622 bits per heavy atom. The highest BCUT2D eigenvalue weighted by Gasteiger charge is 2.17. The molecule has 5 heteroatoms. The van der Waals surface area contributed by atoms with Crippen LogP contribution in [0.4, 0.5) is 0 Å². The molecule has 0 spiro atoms. The van der Waals surface area contributed by atoms with Gasteiger partial charge in [-0.05, 0) is 63.5 Å². The molecule has 1 atom stereocenters. The number of allylic oxidation sites excluding steroid dienone is 12. The van der Waals surface area contributed by atoms with Crippen molar-refractivity contribution >= 4 is 17.6 Å². The van der Waals surface area contributed by atoms with Gasteiger partial charge in [-0.3, -0.25) is 14.4 Å². The summed E-state index contributed by atoms with van der Waals surface area (Å²) in [5.74, 6) is -0.676. The zero-order valence-corrected chi connectivity index (χ0v) is 27.0. The molecule has 238 valence electrons. The third kappa shape index (κ3) is 16.8. The first-order chi connectivity index (χ1) is 22.0. The van der Waals surface area contributed by atoms with Gasteiger partial charge in [0.1, 0.15) is 0 Å². The van der Waals surface area contributed by atoms with Crippen LogP contribution >= 0.6 is 0 Å². The molecule has 2 aromatic rings. The average molecular weight is 607 g/mol. The number of hydrogen-bond acceptors (Lipinski definition) is 3. The second-order valence-electron chi connectivity index (χ2n) is 10.6. The van der Waals surface area contributed by atoms with Gasteiger partial charge in [-0.25, -0.2) is 0 Å². The lowest BCUT2D eigenvalue weighted by atomic mass is 9.95. The Morgan fingerprint density at radius 2 is 1.13 bits per heavy atom. The number of benzene rings is 2. The van der Waals surface area contributed by atoms with Crippen LogP contribution in [0.2, 0.25) is 0 Å². The van der Waals surface area contributed by atoms with Crippen LogP contribution in [0.5, 0.6) is 0 Å². The van der Waals surface area contributed by atoms with Crippen molar-refractivity contribution in [1.29, 1.82) is 0 Å². The highest BCUT2D eigenvalue weighted by molar-refractivity contribution is 6.09. The predicted molar refractivity (Wildman–Crippen MR) is 188 cm³/mol. The Hall–Kier alpha value is -4.51. The fraction of sp³-hybridized carbons (Fsp3) is 0.325. The summed E-state index contributed by atoms with van der Waals surface area (Å²) in [5, 5.41) is 5.73. The number of carbonyl (C=O) groups excluding carboxylic acids is 3. The molecule has 1 unspecified atom stereocenters. The van der Waals surface area contributed by atoms with E-state index in [1.807, 2.05) is 37.3 Å². The minimum absolute atomic E-state index is 0.0380. The van der Waals surface area contributed by atoms with Crippen LogP contribution in [-0.2, 0) is 9.59 Å². The van der Waals surface area contributed by atoms with Crippen LogP contribution in [0.25, 0.3) is 0 Å². The second kappa shape index (κ2) is 23.9. The highest BCUT2D eigenvalue weighted by atomic mass is 16.2. The third-order valence-electron chi connectivity index (χ3n) is 6.96. The van der Waals surface area contributed by atoms with Crippen LogP contribution < -0.4 is 10.6 Å². The third-order valence-corrected chi connectivity index (χ3v) is 6.96. The van der Waals surface area contributed by atoms with Gasteiger partial charge >= 0.3 is 0 Å². The lowest BCUT2D eigenvalue weighted by Crippen LogP contribution is -2.36. The number of ketones is 1. The molecule has 0 saturated heterocycles. The Bertz CT molecular complexity index is 1330. The summed E-state index contributed by atoms with van der Waals surface area (Å²) in [6.07, 6.45) is 32.8. The van der Waals surface area contributed by atoms with Crippen molar-refractivity contribution in [2.24, 2.45) is 0 Å². The fourth-order valence-electron chi connectivity index (χ4n) is 4.34. The summed E-state index contributed by atoms with van der Waals surface area (Å²) in [6, 6.07) is 16.3. The molecule has 2 aromatic carbocycles. The van der Waals surface area contributed by atoms with E-state index in [0.717, 1.165) is 44.1 Å². The summed E-state index contributed by atoms with van der Waals surface area (Å²) in [5.41, 5.74) is 1.94. The van der Waals surface area contributed by atoms with E-state index in [4.69, 9.17) is 0 Å². The molecular formula is C40H50N2O3. The normalized spacial score (nSPS) is 12.8. The Morgan fingerprint density at radius 3 is 1.71 bits per heavy atom. The Kier molecular flexibility index (Phi) is 19.5. The summed E-state index contributed by atoms with van der Waals surface area (Å²) in [6.45, 7) is 4.67. The summed E-state index contributed by atoms with van der Waals surface area (Å²) < 4.78 is 0. The van der Waals surface area contributed by atoms with Crippen molar-refractivity contribution in [2.75, 3.05) is 13.1 Å². The number of nitrogens with one attached hydrogen (secondary N) is 2. The molecule has 2 amide bonds. The molecule has 0 fully saturated rings. The fourth-order valence-corrected chi connectivity index (χ4v) is 4.34. The first-order valence-electron chi connectivity index (χ1n) is 16.2. The van der Waals surface area contributed by atoms with E-state index in [1.165, 1.54) is 0 Å². The highest BCUT2D eigenvalue weighted by Crippen LogP contribution is 2.19. The molecule has 0 saturated carbocycles. The molecule has 0 bridgehead atoms. The van der Waals surface area contributed by atoms with Gasteiger partial charge in [-0.1, -0.05) is 128 Å². The zero-order chi connectivity index (χ0) is 32.4. The van der Waals surface area contributed by atoms with Crippen LogP contribution in [-0.4, -0.2) is 30.7 Å². The van der Waals surface area contributed by atoms with Crippen molar-refractivity contribution in [1.82, 2.24) is 10.6 Å². The van der Waals surface area contributed by atoms with Crippen molar-refractivity contribution in [3.05, 3.63) is 144 Å². The molecule has 0 radical (unpaired) electrons. The van der Waals surface area contributed by atoms with Crippen molar-refractivity contribution in [3.63, 3.8) is 0 Å². The molecular weight excluding hydrogens is 556 g/mol. The second-order valence-corrected chi connectivity index (χ2v) is 10.6. The SMILES string of the molecule is CCC=CCC=CCC=CCC=CCC=CCC=CCCC(=O)NCCNC(=O)C(C)c1cccc(C(=O)c2ccccc2)c1. The molecule has 5 nitrogen and oxygen atoms in total. The Balaban J connectivity index is 1.52. The lowest BCUT2D eigenvalue weighted by molar-refractivity contribution is -0.123. The van der Waals surface area contributed by atoms with E-state index in [1.54, 1.807) is 30.3 Å². The van der Waals surface area contributed by atoms with Gasteiger partial charge in [0.15, 0.2) is 5.78 Å². The minimum atomic E-state index is -0.419. The standard InChI is InChI=1S/C40H50N2O3/c1-3-4-5-6-7-8-9-10-11-12-13-14-15-16-17-18-19-20-24-30-38(43)41-31-32-42-40(45)34(2)36-28-25-29-37(33-36)39(44)35-26-22-21-23-27-35/h4-5,7-8,10-11,13-14,16-17,19-23,25-29,33-34H,3,6,9,12,15,18,24,30-32H2,1-2H3,(H,41,43)(H,42,45). The van der Waals surface area contributed by atoms with Gasteiger partial charge < -0.3 is 10.6 Å². The van der Waals surface area contributed by atoms with Crippen LogP contribution in [0, 0.1) is 0 Å². The minimum Gasteiger partial charge on any atom is -0.354 e. The number of hydrogen-bond donors (Lipinski definition) is 2. The molecule has 2 N–H and O–H groups in total. The van der Waals surface area contributed by atoms with E-state index < -0.39 is 5.92 Å². The largest absolute Gasteiger partial charge is 0.354 e. The number of carbonyl (C=O) groups is 3. The maximum Gasteiger partial charge on any atom is 0.227 e. The molecule has 2 rings (SSSR count). The maximum absolute atomic E-state index is 12.8. The summed E-state index contributed by atoms with van der Waals surface area (Å²) >= 11 is 0. The molecule has 0 aliphatic heterocycles. The topological polar surface area (TPSA) is 75.3 Å². The number of rotatable bonds is 21. The van der Waals surface area contributed by atoms with Crippen LogP contribution in [0.1, 0.15) is 92.6 Å². The summed E-state index contributed by atoms with van der Waals surface area (Å²) in [4.78, 5) is 37.5. The van der Waals surface area contributed by atoms with Crippen molar-refractivity contribution in [2.45, 2.75) is 71.1 Å². The number of amides is 2. The van der Waals surface area contributed by atoms with Gasteiger partial charge in [-0.15, -0.1) is 0 Å². The first kappa shape index (κ1) is 36.7. The van der Waals surface area contributed by atoms with Gasteiger partial charge in [0.25, 0.3) is 0 Å². The quantitative estimate of drug-likeness (QED) is 0.0848. The van der Waals surface area contributed by atoms with Gasteiger partial charge in [0, 0.05) is 30.6 Å². The van der Waals surface area contributed by atoms with Gasteiger partial charge in [-0.2, -0.15) is 0 Å². The Labute approximate surface area is 270 Å². The smallest absolute Gasteiger partial charge is 0.227 e. The first-order valence-corrected chi connectivity index (χ1v) is 16.2. The van der Waals surface area contributed by atoms with Crippen molar-refractivity contribution < 1.29 is 14.4 Å². The van der Waals surface area contributed by atoms with E-state index in [0.29, 0.717) is 37.1 Å². The van der Waals surface area contributed by atoms with Crippen LogP contribution in [0.3, 0.4) is 0 Å². The molecule has 0 aliphatic rings. The van der Waals surface area contributed by atoms with E-state index in [2.05, 4.69) is 84.4 Å². The monoisotopic (exact) mass is 606 g/mol. The molecule has 0 heterocycles. The average Bonchev–Trinajstić information content (AvgIpc) is 3.07. The predicted octanol–water partition coefficient (Wildman–Crippen LogP) is 8.73. The van der Waals surface area contributed by atoms with E-state index >= 15 is 0 Å². The van der Waals surface area contributed by atoms with Crippen LogP contribution in [0.15, 0.2) is 128 Å². The molecule has 0 aliphatic carbocycles.